The second-order valence-electron chi connectivity index (χ2n) is 4.04. The lowest BCUT2D eigenvalue weighted by Crippen LogP contribution is -2.13. The quantitative estimate of drug-likeness (QED) is 0.780. The molecule has 0 spiro atoms. The molecule has 2 aromatic rings. The molecule has 98 valence electrons. The Balaban J connectivity index is 2.25. The summed E-state index contributed by atoms with van der Waals surface area (Å²) in [6, 6.07) is 9.62. The van der Waals surface area contributed by atoms with Crippen molar-refractivity contribution in [1.29, 1.82) is 0 Å². The average Bonchev–Trinajstić information content (AvgIpc) is 2.37. The summed E-state index contributed by atoms with van der Waals surface area (Å²) in [5, 5.41) is 2.55. The Morgan fingerprint density at radius 1 is 1.16 bits per heavy atom. The van der Waals surface area contributed by atoms with Gasteiger partial charge in [-0.25, -0.2) is 4.39 Å². The summed E-state index contributed by atoms with van der Waals surface area (Å²) in [4.78, 5) is 12.0. The van der Waals surface area contributed by atoms with Crippen LogP contribution in [0.25, 0.3) is 0 Å². The summed E-state index contributed by atoms with van der Waals surface area (Å²) >= 11 is 6.61. The molecule has 0 saturated carbocycles. The predicted molar refractivity (Wildman–Crippen MR) is 80.9 cm³/mol. The van der Waals surface area contributed by atoms with Crippen LogP contribution in [0.1, 0.15) is 15.9 Å². The van der Waals surface area contributed by atoms with Crippen molar-refractivity contribution in [2.75, 3.05) is 5.32 Å². The Morgan fingerprint density at radius 3 is 2.58 bits per heavy atom. The van der Waals surface area contributed by atoms with Crippen LogP contribution in [0.4, 0.5) is 10.1 Å². The molecule has 0 aliphatic heterocycles. The molecule has 0 aliphatic carbocycles. The van der Waals surface area contributed by atoms with E-state index >= 15 is 0 Å². The fraction of sp³-hybridized carbons (Fsp3) is 0.0714. The van der Waals surface area contributed by atoms with Crippen LogP contribution in [-0.2, 0) is 0 Å². The SMILES string of the molecule is Cc1cc(C(=O)Nc2cc(Br)ccc2F)ccc1Br. The number of nitrogens with one attached hydrogen (secondary N) is 1. The van der Waals surface area contributed by atoms with Gasteiger partial charge in [0.2, 0.25) is 0 Å². The monoisotopic (exact) mass is 385 g/mol. The van der Waals surface area contributed by atoms with Crippen LogP contribution in [0.2, 0.25) is 0 Å². The van der Waals surface area contributed by atoms with Gasteiger partial charge in [-0.3, -0.25) is 4.79 Å². The molecule has 2 nitrogen and oxygen atoms in total. The number of anilines is 1. The Morgan fingerprint density at radius 2 is 1.89 bits per heavy atom. The highest BCUT2D eigenvalue weighted by atomic mass is 79.9. The molecule has 2 rings (SSSR count). The third-order valence-electron chi connectivity index (χ3n) is 2.60. The van der Waals surface area contributed by atoms with Gasteiger partial charge >= 0.3 is 0 Å². The molecule has 0 unspecified atom stereocenters. The summed E-state index contributed by atoms with van der Waals surface area (Å²) in [5.74, 6) is -0.807. The van der Waals surface area contributed by atoms with E-state index in [-0.39, 0.29) is 11.6 Å². The minimum absolute atomic E-state index is 0.153. The first-order valence-corrected chi connectivity index (χ1v) is 7.08. The summed E-state index contributed by atoms with van der Waals surface area (Å²) in [6.07, 6.45) is 0. The van der Waals surface area contributed by atoms with Gasteiger partial charge in [-0.1, -0.05) is 31.9 Å². The number of rotatable bonds is 2. The molecule has 0 aromatic heterocycles. The largest absolute Gasteiger partial charge is 0.319 e. The van der Waals surface area contributed by atoms with Crippen molar-refractivity contribution >= 4 is 43.5 Å². The van der Waals surface area contributed by atoms with Gasteiger partial charge in [-0.15, -0.1) is 0 Å². The molecule has 19 heavy (non-hydrogen) atoms. The van der Waals surface area contributed by atoms with E-state index in [9.17, 15) is 9.18 Å². The fourth-order valence-corrected chi connectivity index (χ4v) is 2.18. The van der Waals surface area contributed by atoms with Crippen LogP contribution < -0.4 is 5.32 Å². The van der Waals surface area contributed by atoms with Gasteiger partial charge in [0.15, 0.2) is 0 Å². The van der Waals surface area contributed by atoms with Crippen molar-refractivity contribution in [2.24, 2.45) is 0 Å². The number of hydrogen-bond donors (Lipinski definition) is 1. The molecule has 0 fully saturated rings. The van der Waals surface area contributed by atoms with E-state index in [0.717, 1.165) is 10.0 Å². The number of amides is 1. The number of benzene rings is 2. The van der Waals surface area contributed by atoms with Crippen LogP contribution in [0.15, 0.2) is 45.3 Å². The lowest BCUT2D eigenvalue weighted by Gasteiger charge is -2.08. The number of carbonyl (C=O) groups excluding carboxylic acids is 1. The number of halogens is 3. The van der Waals surface area contributed by atoms with Crippen molar-refractivity contribution in [2.45, 2.75) is 6.92 Å². The Labute approximate surface area is 127 Å². The summed E-state index contributed by atoms with van der Waals surface area (Å²) in [6.45, 7) is 1.89. The van der Waals surface area contributed by atoms with Crippen molar-refractivity contribution in [3.05, 3.63) is 62.3 Å². The summed E-state index contributed by atoms with van der Waals surface area (Å²) < 4.78 is 15.2. The normalized spacial score (nSPS) is 10.3. The number of carbonyl (C=O) groups is 1. The zero-order chi connectivity index (χ0) is 14.0. The number of aryl methyl sites for hydroxylation is 1. The Kier molecular flexibility index (Phi) is 4.37. The van der Waals surface area contributed by atoms with E-state index in [0.29, 0.717) is 10.0 Å². The first kappa shape index (κ1) is 14.2. The second kappa shape index (κ2) is 5.84. The van der Waals surface area contributed by atoms with Gasteiger partial charge in [0.05, 0.1) is 5.69 Å². The minimum atomic E-state index is -0.467. The Bertz CT molecular complexity index is 643. The lowest BCUT2D eigenvalue weighted by molar-refractivity contribution is 0.102. The molecular weight excluding hydrogens is 377 g/mol. The second-order valence-corrected chi connectivity index (χ2v) is 5.81. The van der Waals surface area contributed by atoms with Gasteiger partial charge in [-0.2, -0.15) is 0 Å². The highest BCUT2D eigenvalue weighted by molar-refractivity contribution is 9.10. The highest BCUT2D eigenvalue weighted by Crippen LogP contribution is 2.22. The lowest BCUT2D eigenvalue weighted by atomic mass is 10.1. The highest BCUT2D eigenvalue weighted by Gasteiger charge is 2.10. The van der Waals surface area contributed by atoms with E-state index in [4.69, 9.17) is 0 Å². The molecule has 0 aliphatic rings. The molecule has 2 aromatic carbocycles. The Hall–Kier alpha value is -1.20. The van der Waals surface area contributed by atoms with E-state index in [2.05, 4.69) is 37.2 Å². The van der Waals surface area contributed by atoms with Crippen LogP contribution in [0.3, 0.4) is 0 Å². The van der Waals surface area contributed by atoms with Crippen molar-refractivity contribution in [3.63, 3.8) is 0 Å². The van der Waals surface area contributed by atoms with Crippen molar-refractivity contribution in [1.82, 2.24) is 0 Å². The first-order valence-electron chi connectivity index (χ1n) is 5.50. The molecular formula is C14H10Br2FNO. The standard InChI is InChI=1S/C14H10Br2FNO/c1-8-6-9(2-4-11(8)16)14(19)18-13-7-10(15)3-5-12(13)17/h2-7H,1H3,(H,18,19). The molecule has 1 amide bonds. The van der Waals surface area contributed by atoms with Crippen LogP contribution >= 0.6 is 31.9 Å². The van der Waals surface area contributed by atoms with E-state index < -0.39 is 5.82 Å². The molecule has 0 radical (unpaired) electrons. The third-order valence-corrected chi connectivity index (χ3v) is 3.98. The molecule has 5 heteroatoms. The average molecular weight is 387 g/mol. The maximum absolute atomic E-state index is 13.5. The summed E-state index contributed by atoms with van der Waals surface area (Å²) in [5.41, 5.74) is 1.59. The summed E-state index contributed by atoms with van der Waals surface area (Å²) in [7, 11) is 0. The van der Waals surface area contributed by atoms with Crippen LogP contribution in [-0.4, -0.2) is 5.91 Å². The zero-order valence-corrected chi connectivity index (χ0v) is 13.2. The third kappa shape index (κ3) is 3.42. The molecule has 1 N–H and O–H groups in total. The van der Waals surface area contributed by atoms with E-state index in [1.807, 2.05) is 6.92 Å². The zero-order valence-electron chi connectivity index (χ0n) is 10.0. The molecule has 0 bridgehead atoms. The molecule has 0 heterocycles. The van der Waals surface area contributed by atoms with Gasteiger partial charge < -0.3 is 5.32 Å². The van der Waals surface area contributed by atoms with Gasteiger partial charge in [0, 0.05) is 14.5 Å². The predicted octanol–water partition coefficient (Wildman–Crippen LogP) is 4.91. The van der Waals surface area contributed by atoms with Crippen LogP contribution in [0.5, 0.6) is 0 Å². The van der Waals surface area contributed by atoms with Gasteiger partial charge in [-0.05, 0) is 48.9 Å². The fourth-order valence-electron chi connectivity index (χ4n) is 1.57. The first-order chi connectivity index (χ1) is 8.97. The number of hydrogen-bond acceptors (Lipinski definition) is 1. The van der Waals surface area contributed by atoms with Gasteiger partial charge in [0.1, 0.15) is 5.82 Å². The maximum Gasteiger partial charge on any atom is 0.255 e. The van der Waals surface area contributed by atoms with Crippen molar-refractivity contribution < 1.29 is 9.18 Å². The minimum Gasteiger partial charge on any atom is -0.319 e. The molecule has 0 atom stereocenters. The van der Waals surface area contributed by atoms with Gasteiger partial charge in [0.25, 0.3) is 5.91 Å². The topological polar surface area (TPSA) is 29.1 Å². The van der Waals surface area contributed by atoms with E-state index in [1.54, 1.807) is 24.3 Å². The molecule has 0 saturated heterocycles. The smallest absolute Gasteiger partial charge is 0.255 e. The van der Waals surface area contributed by atoms with Crippen LogP contribution in [0, 0.1) is 12.7 Å². The maximum atomic E-state index is 13.5. The van der Waals surface area contributed by atoms with E-state index in [1.165, 1.54) is 12.1 Å². The van der Waals surface area contributed by atoms with Crippen molar-refractivity contribution in [3.8, 4) is 0 Å².